The first kappa shape index (κ1) is 20.5. The standard InChI is InChI=1S/C18H27N3O2.ClH/c1-12(19-6)10-16-20-17(23-21-16)13(2)22-15-9-7-8-14(11-15)18(3,4)5;/h7-9,11-13,19H,10H2,1-6H3;1H. The number of halogens is 1. The number of nitrogens with one attached hydrogen (secondary N) is 1. The Labute approximate surface area is 150 Å². The summed E-state index contributed by atoms with van der Waals surface area (Å²) in [7, 11) is 1.92. The highest BCUT2D eigenvalue weighted by Gasteiger charge is 2.18. The van der Waals surface area contributed by atoms with Gasteiger partial charge in [-0.15, -0.1) is 12.4 Å². The van der Waals surface area contributed by atoms with Crippen molar-refractivity contribution in [2.24, 2.45) is 0 Å². The molecule has 134 valence electrons. The maximum Gasteiger partial charge on any atom is 0.267 e. The van der Waals surface area contributed by atoms with Crippen molar-refractivity contribution in [1.82, 2.24) is 15.5 Å². The van der Waals surface area contributed by atoms with E-state index < -0.39 is 0 Å². The van der Waals surface area contributed by atoms with Gasteiger partial charge < -0.3 is 14.6 Å². The average molecular weight is 354 g/mol. The largest absolute Gasteiger partial charge is 0.481 e. The smallest absolute Gasteiger partial charge is 0.267 e. The summed E-state index contributed by atoms with van der Waals surface area (Å²) in [6, 6.07) is 8.45. The molecule has 0 amide bonds. The minimum atomic E-state index is -0.281. The lowest BCUT2D eigenvalue weighted by atomic mass is 9.87. The Morgan fingerprint density at radius 1 is 1.25 bits per heavy atom. The first-order chi connectivity index (χ1) is 10.8. The maximum absolute atomic E-state index is 5.97. The molecule has 6 heteroatoms. The van der Waals surface area contributed by atoms with Gasteiger partial charge in [0.15, 0.2) is 11.9 Å². The molecule has 1 aromatic carbocycles. The second-order valence-electron chi connectivity index (χ2n) is 6.98. The highest BCUT2D eigenvalue weighted by Crippen LogP contribution is 2.28. The topological polar surface area (TPSA) is 60.2 Å². The molecule has 2 rings (SSSR count). The number of hydrogen-bond acceptors (Lipinski definition) is 5. The van der Waals surface area contributed by atoms with Crippen LogP contribution in [0.2, 0.25) is 0 Å². The molecular formula is C18H28ClN3O2. The number of nitrogens with zero attached hydrogens (tertiary/aromatic N) is 2. The normalized spacial score (nSPS) is 13.9. The Hall–Kier alpha value is -1.59. The van der Waals surface area contributed by atoms with Crippen LogP contribution in [0.3, 0.4) is 0 Å². The van der Waals surface area contributed by atoms with Gasteiger partial charge in [-0.05, 0) is 44.0 Å². The molecular weight excluding hydrogens is 326 g/mol. The van der Waals surface area contributed by atoms with Gasteiger partial charge >= 0.3 is 0 Å². The van der Waals surface area contributed by atoms with Gasteiger partial charge in [0.25, 0.3) is 5.89 Å². The lowest BCUT2D eigenvalue weighted by Gasteiger charge is -2.20. The molecule has 5 nitrogen and oxygen atoms in total. The van der Waals surface area contributed by atoms with Gasteiger partial charge in [-0.3, -0.25) is 0 Å². The Bertz CT molecular complexity index is 637. The summed E-state index contributed by atoms with van der Waals surface area (Å²) in [4.78, 5) is 4.42. The number of aromatic nitrogens is 2. The molecule has 0 saturated carbocycles. The summed E-state index contributed by atoms with van der Waals surface area (Å²) in [5.41, 5.74) is 1.32. The van der Waals surface area contributed by atoms with Crippen LogP contribution in [0, 0.1) is 0 Å². The first-order valence-corrected chi connectivity index (χ1v) is 8.06. The molecule has 1 heterocycles. The van der Waals surface area contributed by atoms with E-state index in [1.807, 2.05) is 26.1 Å². The van der Waals surface area contributed by atoms with Crippen LogP contribution in [-0.4, -0.2) is 23.2 Å². The third-order valence-corrected chi connectivity index (χ3v) is 3.83. The summed E-state index contributed by atoms with van der Waals surface area (Å²) in [5.74, 6) is 2.01. The zero-order chi connectivity index (χ0) is 17.0. The van der Waals surface area contributed by atoms with Crippen molar-refractivity contribution in [2.75, 3.05) is 7.05 Å². The molecule has 1 aromatic heterocycles. The minimum absolute atomic E-state index is 0. The fourth-order valence-corrected chi connectivity index (χ4v) is 2.18. The van der Waals surface area contributed by atoms with Gasteiger partial charge in [0.05, 0.1) is 0 Å². The SMILES string of the molecule is CNC(C)Cc1noc(C(C)Oc2cccc(C(C)(C)C)c2)n1.Cl. The van der Waals surface area contributed by atoms with Crippen LogP contribution >= 0.6 is 12.4 Å². The third kappa shape index (κ3) is 5.49. The van der Waals surface area contributed by atoms with Gasteiger partial charge in [0.2, 0.25) is 0 Å². The number of likely N-dealkylation sites (N-methyl/N-ethyl adjacent to an activating group) is 1. The summed E-state index contributed by atoms with van der Waals surface area (Å²) in [5, 5.41) is 7.18. The second-order valence-corrected chi connectivity index (χ2v) is 6.98. The predicted octanol–water partition coefficient (Wildman–Crippen LogP) is 4.08. The molecule has 2 unspecified atom stereocenters. The van der Waals surface area contributed by atoms with Gasteiger partial charge in [0.1, 0.15) is 5.75 Å². The third-order valence-electron chi connectivity index (χ3n) is 3.83. The molecule has 0 radical (unpaired) electrons. The molecule has 0 bridgehead atoms. The van der Waals surface area contributed by atoms with E-state index in [4.69, 9.17) is 9.26 Å². The zero-order valence-electron chi connectivity index (χ0n) is 15.3. The molecule has 2 aromatic rings. The van der Waals surface area contributed by atoms with E-state index >= 15 is 0 Å². The molecule has 0 aliphatic heterocycles. The highest BCUT2D eigenvalue weighted by atomic mass is 35.5. The van der Waals surface area contributed by atoms with Crippen molar-refractivity contribution < 1.29 is 9.26 Å². The van der Waals surface area contributed by atoms with Gasteiger partial charge in [-0.1, -0.05) is 38.1 Å². The Morgan fingerprint density at radius 2 is 1.96 bits per heavy atom. The van der Waals surface area contributed by atoms with Gasteiger partial charge in [-0.2, -0.15) is 4.98 Å². The van der Waals surface area contributed by atoms with Crippen molar-refractivity contribution in [3.63, 3.8) is 0 Å². The van der Waals surface area contributed by atoms with Gasteiger partial charge in [0, 0.05) is 12.5 Å². The van der Waals surface area contributed by atoms with Crippen molar-refractivity contribution in [1.29, 1.82) is 0 Å². The summed E-state index contributed by atoms with van der Waals surface area (Å²) in [6.45, 7) is 10.5. The molecule has 24 heavy (non-hydrogen) atoms. The summed E-state index contributed by atoms with van der Waals surface area (Å²) < 4.78 is 11.3. The predicted molar refractivity (Wildman–Crippen MR) is 98.0 cm³/mol. The quantitative estimate of drug-likeness (QED) is 0.847. The number of benzene rings is 1. The van der Waals surface area contributed by atoms with Crippen LogP contribution in [-0.2, 0) is 11.8 Å². The fraction of sp³-hybridized carbons (Fsp3) is 0.556. The minimum Gasteiger partial charge on any atom is -0.481 e. The molecule has 1 N–H and O–H groups in total. The Kier molecular flexibility index (Phi) is 7.24. The van der Waals surface area contributed by atoms with E-state index in [0.29, 0.717) is 17.8 Å². The van der Waals surface area contributed by atoms with E-state index in [2.05, 4.69) is 55.3 Å². The first-order valence-electron chi connectivity index (χ1n) is 8.06. The van der Waals surface area contributed by atoms with E-state index in [9.17, 15) is 0 Å². The molecule has 2 atom stereocenters. The molecule has 0 fully saturated rings. The van der Waals surface area contributed by atoms with Crippen LogP contribution < -0.4 is 10.1 Å². The van der Waals surface area contributed by atoms with Crippen LogP contribution in [0.4, 0.5) is 0 Å². The van der Waals surface area contributed by atoms with Crippen molar-refractivity contribution in [2.45, 2.75) is 58.6 Å². The van der Waals surface area contributed by atoms with Crippen LogP contribution in [0.5, 0.6) is 5.75 Å². The number of rotatable bonds is 6. The Balaban J connectivity index is 0.00000288. The van der Waals surface area contributed by atoms with Gasteiger partial charge in [-0.25, -0.2) is 0 Å². The van der Waals surface area contributed by atoms with Crippen molar-refractivity contribution >= 4 is 12.4 Å². The van der Waals surface area contributed by atoms with Crippen molar-refractivity contribution in [3.8, 4) is 5.75 Å². The second kappa shape index (κ2) is 8.49. The fourth-order valence-electron chi connectivity index (χ4n) is 2.18. The molecule has 0 aliphatic rings. The molecule has 0 aliphatic carbocycles. The Morgan fingerprint density at radius 3 is 2.58 bits per heavy atom. The highest BCUT2D eigenvalue weighted by molar-refractivity contribution is 5.85. The van der Waals surface area contributed by atoms with Crippen LogP contribution in [0.25, 0.3) is 0 Å². The molecule has 0 saturated heterocycles. The van der Waals surface area contributed by atoms with E-state index in [1.54, 1.807) is 0 Å². The van der Waals surface area contributed by atoms with Crippen LogP contribution in [0.1, 0.15) is 58.0 Å². The summed E-state index contributed by atoms with van der Waals surface area (Å²) in [6.07, 6.45) is 0.447. The number of hydrogen-bond donors (Lipinski definition) is 1. The molecule has 0 spiro atoms. The number of ether oxygens (including phenoxy) is 1. The van der Waals surface area contributed by atoms with E-state index in [0.717, 1.165) is 12.2 Å². The van der Waals surface area contributed by atoms with E-state index in [1.165, 1.54) is 5.56 Å². The van der Waals surface area contributed by atoms with E-state index in [-0.39, 0.29) is 23.9 Å². The average Bonchev–Trinajstić information content (AvgIpc) is 2.95. The maximum atomic E-state index is 5.97. The zero-order valence-corrected chi connectivity index (χ0v) is 16.1. The van der Waals surface area contributed by atoms with Crippen LogP contribution in [0.15, 0.2) is 28.8 Å². The lowest BCUT2D eigenvalue weighted by molar-refractivity contribution is 0.175. The monoisotopic (exact) mass is 353 g/mol. The summed E-state index contributed by atoms with van der Waals surface area (Å²) >= 11 is 0. The van der Waals surface area contributed by atoms with Crippen molar-refractivity contribution in [3.05, 3.63) is 41.5 Å². The lowest BCUT2D eigenvalue weighted by Crippen LogP contribution is -2.24.